The molecule has 0 aromatic heterocycles. The van der Waals surface area contributed by atoms with E-state index in [1.165, 1.54) is 82.6 Å². The average Bonchev–Trinajstić information content (AvgIpc) is 2.82. The van der Waals surface area contributed by atoms with Crippen molar-refractivity contribution < 1.29 is 19.8 Å². The van der Waals surface area contributed by atoms with Gasteiger partial charge in [0.25, 0.3) is 0 Å². The van der Waals surface area contributed by atoms with Gasteiger partial charge in [-0.15, -0.1) is 0 Å². The lowest BCUT2D eigenvalue weighted by molar-refractivity contribution is -0.138. The SMILES string of the molecule is CCCCCCCCCc1cccc(CCCCCCCC(=O)O)c1CCCCCCCC(=O)O. The molecule has 1 aromatic rings. The van der Waals surface area contributed by atoms with Crippen LogP contribution in [-0.4, -0.2) is 22.2 Å². The van der Waals surface area contributed by atoms with E-state index in [9.17, 15) is 9.59 Å². The van der Waals surface area contributed by atoms with Crippen LogP contribution < -0.4 is 0 Å². The molecule has 0 saturated carbocycles. The highest BCUT2D eigenvalue weighted by Gasteiger charge is 2.09. The van der Waals surface area contributed by atoms with Crippen LogP contribution in [0, 0.1) is 0 Å². The van der Waals surface area contributed by atoms with E-state index in [1.54, 1.807) is 11.1 Å². The summed E-state index contributed by atoms with van der Waals surface area (Å²) < 4.78 is 0. The van der Waals surface area contributed by atoms with Crippen molar-refractivity contribution in [2.75, 3.05) is 0 Å². The lowest BCUT2D eigenvalue weighted by Gasteiger charge is -2.16. The average molecular weight is 489 g/mol. The minimum Gasteiger partial charge on any atom is -0.481 e. The lowest BCUT2D eigenvalue weighted by atomic mass is 9.90. The number of aliphatic carboxylic acids is 2. The highest BCUT2D eigenvalue weighted by atomic mass is 16.4. The van der Waals surface area contributed by atoms with Crippen molar-refractivity contribution in [2.45, 2.75) is 148 Å². The number of unbranched alkanes of at least 4 members (excludes halogenated alkanes) is 14. The van der Waals surface area contributed by atoms with Crippen LogP contribution in [0.3, 0.4) is 0 Å². The Hall–Kier alpha value is -1.84. The highest BCUT2D eigenvalue weighted by Crippen LogP contribution is 2.23. The molecule has 2 N–H and O–H groups in total. The van der Waals surface area contributed by atoms with E-state index in [2.05, 4.69) is 25.1 Å². The zero-order valence-electron chi connectivity index (χ0n) is 22.5. The molecule has 0 radical (unpaired) electrons. The van der Waals surface area contributed by atoms with Gasteiger partial charge in [-0.3, -0.25) is 9.59 Å². The van der Waals surface area contributed by atoms with Crippen LogP contribution in [0.15, 0.2) is 18.2 Å². The summed E-state index contributed by atoms with van der Waals surface area (Å²) in [5.74, 6) is -1.37. The molecule has 4 nitrogen and oxygen atoms in total. The van der Waals surface area contributed by atoms with Crippen molar-refractivity contribution in [1.82, 2.24) is 0 Å². The minimum absolute atomic E-state index is 0.293. The first-order chi connectivity index (χ1) is 17.0. The second-order valence-corrected chi connectivity index (χ2v) is 10.2. The van der Waals surface area contributed by atoms with Gasteiger partial charge in [-0.2, -0.15) is 0 Å². The Kier molecular flexibility index (Phi) is 19.1. The van der Waals surface area contributed by atoms with Gasteiger partial charge in [-0.1, -0.05) is 102 Å². The van der Waals surface area contributed by atoms with Gasteiger partial charge < -0.3 is 10.2 Å². The summed E-state index contributed by atoms with van der Waals surface area (Å²) in [7, 11) is 0. The van der Waals surface area contributed by atoms with Crippen LogP contribution in [-0.2, 0) is 28.9 Å². The monoisotopic (exact) mass is 488 g/mol. The fourth-order valence-electron chi connectivity index (χ4n) is 4.98. The number of hydrogen-bond acceptors (Lipinski definition) is 2. The Morgan fingerprint density at radius 3 is 1.34 bits per heavy atom. The van der Waals surface area contributed by atoms with Crippen LogP contribution in [0.5, 0.6) is 0 Å². The standard InChI is InChI=1S/C31H52O4/c1-2-3-4-5-6-9-14-20-27-22-19-23-28(21-15-10-7-12-17-25-30(32)33)29(27)24-16-11-8-13-18-26-31(34)35/h19,22-23H,2-18,20-21,24-26H2,1H3,(H,32,33)(H,34,35). The molecule has 0 amide bonds. The van der Waals surface area contributed by atoms with Crippen molar-refractivity contribution in [3.8, 4) is 0 Å². The van der Waals surface area contributed by atoms with Crippen molar-refractivity contribution in [3.63, 3.8) is 0 Å². The van der Waals surface area contributed by atoms with E-state index in [1.807, 2.05) is 0 Å². The predicted molar refractivity (Wildman–Crippen MR) is 146 cm³/mol. The summed E-state index contributed by atoms with van der Waals surface area (Å²) in [4.78, 5) is 21.3. The molecule has 4 heteroatoms. The fraction of sp³-hybridized carbons (Fsp3) is 0.742. The molecular formula is C31H52O4. The van der Waals surface area contributed by atoms with Gasteiger partial charge in [-0.25, -0.2) is 0 Å². The van der Waals surface area contributed by atoms with E-state index in [0.717, 1.165) is 51.4 Å². The van der Waals surface area contributed by atoms with Crippen LogP contribution in [0.25, 0.3) is 0 Å². The lowest BCUT2D eigenvalue weighted by Crippen LogP contribution is -2.02. The third kappa shape index (κ3) is 17.3. The maximum Gasteiger partial charge on any atom is 0.303 e. The number of carboxylic acid groups (broad SMARTS) is 2. The Labute approximate surface area is 214 Å². The molecular weight excluding hydrogens is 436 g/mol. The van der Waals surface area contributed by atoms with Gasteiger partial charge >= 0.3 is 11.9 Å². The van der Waals surface area contributed by atoms with Gasteiger partial charge in [0.15, 0.2) is 0 Å². The molecule has 0 spiro atoms. The molecule has 0 aliphatic rings. The van der Waals surface area contributed by atoms with Crippen LogP contribution >= 0.6 is 0 Å². The Morgan fingerprint density at radius 2 is 0.914 bits per heavy atom. The van der Waals surface area contributed by atoms with Crippen molar-refractivity contribution in [2.24, 2.45) is 0 Å². The number of hydrogen-bond donors (Lipinski definition) is 2. The molecule has 0 aliphatic heterocycles. The van der Waals surface area contributed by atoms with E-state index < -0.39 is 11.9 Å². The maximum atomic E-state index is 10.7. The first-order valence-corrected chi connectivity index (χ1v) is 14.6. The predicted octanol–water partition coefficient (Wildman–Crippen LogP) is 8.92. The van der Waals surface area contributed by atoms with Crippen LogP contribution in [0.4, 0.5) is 0 Å². The summed E-state index contributed by atoms with van der Waals surface area (Å²) in [5.41, 5.74) is 4.64. The number of aryl methyl sites for hydroxylation is 2. The topological polar surface area (TPSA) is 74.6 Å². The van der Waals surface area contributed by atoms with Crippen molar-refractivity contribution in [1.29, 1.82) is 0 Å². The van der Waals surface area contributed by atoms with Crippen LogP contribution in [0.1, 0.15) is 146 Å². The van der Waals surface area contributed by atoms with Gasteiger partial charge in [0, 0.05) is 12.8 Å². The largest absolute Gasteiger partial charge is 0.481 e. The molecule has 0 atom stereocenters. The van der Waals surface area contributed by atoms with E-state index in [-0.39, 0.29) is 0 Å². The second kappa shape index (κ2) is 21.4. The molecule has 1 aromatic carbocycles. The summed E-state index contributed by atoms with van der Waals surface area (Å²) in [6.45, 7) is 2.27. The van der Waals surface area contributed by atoms with Gasteiger partial charge in [-0.05, 0) is 68.1 Å². The van der Waals surface area contributed by atoms with Gasteiger partial charge in [0.1, 0.15) is 0 Å². The summed E-state index contributed by atoms with van der Waals surface area (Å²) in [5, 5.41) is 17.6. The molecule has 0 heterocycles. The maximum absolute atomic E-state index is 10.7. The Bertz CT molecular complexity index is 683. The summed E-state index contributed by atoms with van der Waals surface area (Å²) in [6, 6.07) is 6.91. The first kappa shape index (κ1) is 31.2. The molecule has 0 aliphatic carbocycles. The molecule has 35 heavy (non-hydrogen) atoms. The normalized spacial score (nSPS) is 11.1. The number of carboxylic acids is 2. The van der Waals surface area contributed by atoms with Crippen LogP contribution in [0.2, 0.25) is 0 Å². The first-order valence-electron chi connectivity index (χ1n) is 14.6. The summed E-state index contributed by atoms with van der Waals surface area (Å²) >= 11 is 0. The van der Waals surface area contributed by atoms with Crippen molar-refractivity contribution >= 4 is 11.9 Å². The molecule has 0 bridgehead atoms. The number of rotatable bonds is 24. The Morgan fingerprint density at radius 1 is 0.543 bits per heavy atom. The minimum atomic E-state index is -0.686. The van der Waals surface area contributed by atoms with Crippen molar-refractivity contribution in [3.05, 3.63) is 34.9 Å². The number of carbonyl (C=O) groups is 2. The molecule has 0 saturated heterocycles. The molecule has 0 unspecified atom stereocenters. The third-order valence-corrected chi connectivity index (χ3v) is 7.07. The third-order valence-electron chi connectivity index (χ3n) is 7.07. The zero-order chi connectivity index (χ0) is 25.6. The molecule has 200 valence electrons. The quantitative estimate of drug-likeness (QED) is 0.142. The second-order valence-electron chi connectivity index (χ2n) is 10.2. The van der Waals surface area contributed by atoms with Gasteiger partial charge in [0.2, 0.25) is 0 Å². The smallest absolute Gasteiger partial charge is 0.303 e. The number of benzene rings is 1. The summed E-state index contributed by atoms with van der Waals surface area (Å²) in [6.07, 6.45) is 24.0. The molecule has 1 rings (SSSR count). The molecule has 0 fully saturated rings. The van der Waals surface area contributed by atoms with E-state index in [0.29, 0.717) is 12.8 Å². The zero-order valence-corrected chi connectivity index (χ0v) is 22.5. The van der Waals surface area contributed by atoms with Gasteiger partial charge in [0.05, 0.1) is 0 Å². The van der Waals surface area contributed by atoms with E-state index in [4.69, 9.17) is 10.2 Å². The fourth-order valence-corrected chi connectivity index (χ4v) is 4.98. The highest BCUT2D eigenvalue weighted by molar-refractivity contribution is 5.66. The Balaban J connectivity index is 2.52. The van der Waals surface area contributed by atoms with E-state index >= 15 is 0 Å².